The Hall–Kier alpha value is -1.35. The van der Waals surface area contributed by atoms with Crippen molar-refractivity contribution >= 4 is 5.91 Å². The summed E-state index contributed by atoms with van der Waals surface area (Å²) in [5.41, 5.74) is 2.72. The molecule has 102 valence electrons. The summed E-state index contributed by atoms with van der Waals surface area (Å²) in [6.45, 7) is 5.77. The zero-order chi connectivity index (χ0) is 13.2. The van der Waals surface area contributed by atoms with E-state index >= 15 is 0 Å². The number of nitrogens with zero attached hydrogens (tertiary/aromatic N) is 1. The highest BCUT2D eigenvalue weighted by Crippen LogP contribution is 2.25. The van der Waals surface area contributed by atoms with Gasteiger partial charge in [-0.25, -0.2) is 0 Å². The number of carbonyl (C=O) groups excluding carboxylic acids is 1. The van der Waals surface area contributed by atoms with Gasteiger partial charge in [0.1, 0.15) is 0 Å². The zero-order valence-corrected chi connectivity index (χ0v) is 11.6. The first-order chi connectivity index (χ1) is 9.25. The first-order valence-corrected chi connectivity index (χ1v) is 7.32. The minimum Gasteiger partial charge on any atom is -0.338 e. The Kier molecular flexibility index (Phi) is 3.56. The third kappa shape index (κ3) is 2.52. The maximum Gasteiger partial charge on any atom is 0.227 e. The van der Waals surface area contributed by atoms with Crippen LogP contribution in [0.25, 0.3) is 0 Å². The molecule has 3 nitrogen and oxygen atoms in total. The third-order valence-corrected chi connectivity index (χ3v) is 4.59. The molecule has 2 aliphatic heterocycles. The van der Waals surface area contributed by atoms with E-state index in [0.717, 1.165) is 39.0 Å². The fourth-order valence-corrected chi connectivity index (χ4v) is 3.24. The van der Waals surface area contributed by atoms with Crippen molar-refractivity contribution in [2.75, 3.05) is 19.6 Å². The lowest BCUT2D eigenvalue weighted by molar-refractivity contribution is -0.138. The van der Waals surface area contributed by atoms with Crippen molar-refractivity contribution in [3.8, 4) is 0 Å². The Morgan fingerprint density at radius 1 is 1.32 bits per heavy atom. The van der Waals surface area contributed by atoms with Crippen LogP contribution < -0.4 is 5.32 Å². The van der Waals surface area contributed by atoms with Gasteiger partial charge in [-0.2, -0.15) is 0 Å². The van der Waals surface area contributed by atoms with E-state index in [1.165, 1.54) is 11.1 Å². The van der Waals surface area contributed by atoms with Crippen molar-refractivity contribution < 1.29 is 4.79 Å². The highest BCUT2D eigenvalue weighted by Gasteiger charge is 2.32. The van der Waals surface area contributed by atoms with Crippen LogP contribution in [-0.2, 0) is 17.8 Å². The van der Waals surface area contributed by atoms with Gasteiger partial charge in [0.25, 0.3) is 0 Å². The number of nitrogens with one attached hydrogen (secondary N) is 1. The number of fused-ring (bicyclic) bond motifs is 1. The van der Waals surface area contributed by atoms with Crippen LogP contribution >= 0.6 is 0 Å². The fourth-order valence-electron chi connectivity index (χ4n) is 3.24. The van der Waals surface area contributed by atoms with E-state index < -0.39 is 0 Å². The van der Waals surface area contributed by atoms with Crippen LogP contribution in [0.2, 0.25) is 0 Å². The van der Waals surface area contributed by atoms with Crippen molar-refractivity contribution in [3.05, 3.63) is 35.4 Å². The summed E-state index contributed by atoms with van der Waals surface area (Å²) in [6.07, 6.45) is 2.11. The van der Waals surface area contributed by atoms with Crippen molar-refractivity contribution in [1.29, 1.82) is 0 Å². The molecule has 1 saturated heterocycles. The van der Waals surface area contributed by atoms with Crippen LogP contribution in [0.3, 0.4) is 0 Å². The van der Waals surface area contributed by atoms with Crippen molar-refractivity contribution in [2.45, 2.75) is 26.3 Å². The van der Waals surface area contributed by atoms with Crippen LogP contribution in [-0.4, -0.2) is 30.4 Å². The highest BCUT2D eigenvalue weighted by molar-refractivity contribution is 5.79. The van der Waals surface area contributed by atoms with Crippen molar-refractivity contribution in [2.24, 2.45) is 11.8 Å². The quantitative estimate of drug-likeness (QED) is 0.833. The van der Waals surface area contributed by atoms with E-state index in [2.05, 4.69) is 41.4 Å². The van der Waals surface area contributed by atoms with E-state index in [1.54, 1.807) is 0 Å². The minimum absolute atomic E-state index is 0.166. The summed E-state index contributed by atoms with van der Waals surface area (Å²) < 4.78 is 0. The summed E-state index contributed by atoms with van der Waals surface area (Å²) in [4.78, 5) is 14.7. The molecule has 0 unspecified atom stereocenters. The van der Waals surface area contributed by atoms with E-state index in [9.17, 15) is 4.79 Å². The minimum atomic E-state index is 0.166. The van der Waals surface area contributed by atoms with Gasteiger partial charge in [0.2, 0.25) is 5.91 Å². The number of hydrogen-bond acceptors (Lipinski definition) is 2. The smallest absolute Gasteiger partial charge is 0.227 e. The van der Waals surface area contributed by atoms with Gasteiger partial charge in [0.05, 0.1) is 5.92 Å². The molecule has 0 aromatic heterocycles. The molecule has 2 aliphatic rings. The summed E-state index contributed by atoms with van der Waals surface area (Å²) in [6, 6.07) is 8.49. The Morgan fingerprint density at radius 3 is 2.89 bits per heavy atom. The molecule has 1 amide bonds. The summed E-state index contributed by atoms with van der Waals surface area (Å²) in [7, 11) is 0. The number of rotatable bonds is 1. The van der Waals surface area contributed by atoms with Gasteiger partial charge in [-0.05, 0) is 36.4 Å². The van der Waals surface area contributed by atoms with Crippen LogP contribution in [0, 0.1) is 11.8 Å². The molecule has 1 aromatic rings. The molecule has 0 bridgehead atoms. The Bertz CT molecular complexity index is 472. The third-order valence-electron chi connectivity index (χ3n) is 4.59. The molecule has 1 N–H and O–H groups in total. The van der Waals surface area contributed by atoms with Gasteiger partial charge >= 0.3 is 0 Å². The van der Waals surface area contributed by atoms with Crippen LogP contribution in [0.5, 0.6) is 0 Å². The topological polar surface area (TPSA) is 32.3 Å². The number of carbonyl (C=O) groups is 1. The molecule has 19 heavy (non-hydrogen) atoms. The SMILES string of the molecule is C[C@@H]1CCNC[C@H]1C(=O)N1CCc2ccccc2C1. The van der Waals surface area contributed by atoms with Crippen molar-refractivity contribution in [1.82, 2.24) is 10.2 Å². The van der Waals surface area contributed by atoms with Gasteiger partial charge in [-0.15, -0.1) is 0 Å². The average molecular weight is 258 g/mol. The second-order valence-corrected chi connectivity index (χ2v) is 5.86. The van der Waals surface area contributed by atoms with Gasteiger partial charge in [0, 0.05) is 19.6 Å². The zero-order valence-electron chi connectivity index (χ0n) is 11.6. The molecule has 3 heteroatoms. The molecule has 2 heterocycles. The lowest BCUT2D eigenvalue weighted by Crippen LogP contribution is -2.47. The maximum absolute atomic E-state index is 12.7. The molecule has 3 rings (SSSR count). The first kappa shape index (κ1) is 12.7. The second-order valence-electron chi connectivity index (χ2n) is 5.86. The van der Waals surface area contributed by atoms with Gasteiger partial charge < -0.3 is 10.2 Å². The van der Waals surface area contributed by atoms with E-state index in [4.69, 9.17) is 0 Å². The van der Waals surface area contributed by atoms with Crippen molar-refractivity contribution in [3.63, 3.8) is 0 Å². The Labute approximate surface area is 115 Å². The van der Waals surface area contributed by atoms with Gasteiger partial charge in [-0.1, -0.05) is 31.2 Å². The molecule has 0 radical (unpaired) electrons. The van der Waals surface area contributed by atoms with Crippen LogP contribution in [0.15, 0.2) is 24.3 Å². The standard InChI is InChI=1S/C16H22N2O/c1-12-6-8-17-10-15(12)16(19)18-9-7-13-4-2-3-5-14(13)11-18/h2-5,12,15,17H,6-11H2,1H3/t12-,15-/m1/s1. The number of hydrogen-bond donors (Lipinski definition) is 1. The molecular formula is C16H22N2O. The molecule has 2 atom stereocenters. The predicted octanol–water partition coefficient (Wildman–Crippen LogP) is 1.82. The number of amides is 1. The van der Waals surface area contributed by atoms with Gasteiger partial charge in [-0.3, -0.25) is 4.79 Å². The second kappa shape index (κ2) is 5.33. The lowest BCUT2D eigenvalue weighted by atomic mass is 9.86. The Balaban J connectivity index is 1.72. The normalized spacial score (nSPS) is 26.9. The Morgan fingerprint density at radius 2 is 2.11 bits per heavy atom. The summed E-state index contributed by atoms with van der Waals surface area (Å²) >= 11 is 0. The lowest BCUT2D eigenvalue weighted by Gasteiger charge is -2.36. The first-order valence-electron chi connectivity index (χ1n) is 7.32. The summed E-state index contributed by atoms with van der Waals surface area (Å²) in [5, 5.41) is 3.36. The number of piperidine rings is 1. The molecular weight excluding hydrogens is 236 g/mol. The number of benzene rings is 1. The molecule has 0 saturated carbocycles. The highest BCUT2D eigenvalue weighted by atomic mass is 16.2. The molecule has 1 aromatic carbocycles. The molecule has 0 spiro atoms. The molecule has 0 aliphatic carbocycles. The largest absolute Gasteiger partial charge is 0.338 e. The van der Waals surface area contributed by atoms with Crippen LogP contribution in [0.1, 0.15) is 24.5 Å². The van der Waals surface area contributed by atoms with Gasteiger partial charge in [0.15, 0.2) is 0 Å². The monoisotopic (exact) mass is 258 g/mol. The molecule has 1 fully saturated rings. The van der Waals surface area contributed by atoms with E-state index in [1.807, 2.05) is 0 Å². The average Bonchev–Trinajstić information content (AvgIpc) is 2.46. The maximum atomic E-state index is 12.7. The fraction of sp³-hybridized carbons (Fsp3) is 0.562. The van der Waals surface area contributed by atoms with E-state index in [0.29, 0.717) is 11.8 Å². The summed E-state index contributed by atoms with van der Waals surface area (Å²) in [5.74, 6) is 1.01. The van der Waals surface area contributed by atoms with E-state index in [-0.39, 0.29) is 5.92 Å². The van der Waals surface area contributed by atoms with Crippen LogP contribution in [0.4, 0.5) is 0 Å². The predicted molar refractivity (Wildman–Crippen MR) is 75.7 cm³/mol.